The molecule has 1 amide bonds. The molecule has 0 N–H and O–H groups in total. The molecule has 1 aliphatic heterocycles. The van der Waals surface area contributed by atoms with Crippen LogP contribution in [0.2, 0.25) is 0 Å². The van der Waals surface area contributed by atoms with Crippen LogP contribution in [0.4, 0.5) is 5.82 Å². The molecule has 0 bridgehead atoms. The third kappa shape index (κ3) is 3.22. The van der Waals surface area contributed by atoms with Gasteiger partial charge in [-0.1, -0.05) is 12.1 Å². The van der Waals surface area contributed by atoms with Crippen LogP contribution in [-0.2, 0) is 4.79 Å². The molecule has 2 aromatic heterocycles. The number of rotatable bonds is 4. The summed E-state index contributed by atoms with van der Waals surface area (Å²) < 4.78 is 0. The second-order valence-electron chi connectivity index (χ2n) is 6.34. The molecule has 3 aromatic rings. The van der Waals surface area contributed by atoms with E-state index in [1.165, 1.54) is 0 Å². The maximum atomic E-state index is 12.5. The Hall–Kier alpha value is -2.47. The van der Waals surface area contributed by atoms with E-state index in [-0.39, 0.29) is 5.91 Å². The van der Waals surface area contributed by atoms with E-state index in [4.69, 9.17) is 9.97 Å². The van der Waals surface area contributed by atoms with Crippen molar-refractivity contribution in [3.8, 4) is 11.4 Å². The molecular formula is C19H20N4OS. The summed E-state index contributed by atoms with van der Waals surface area (Å²) in [6.45, 7) is 2.08. The van der Waals surface area contributed by atoms with Gasteiger partial charge in [0.05, 0.1) is 12.1 Å². The monoisotopic (exact) mass is 352 g/mol. The number of carbonyl (C=O) groups is 1. The Balaban J connectivity index is 1.70. The topological polar surface area (TPSA) is 49.3 Å². The first kappa shape index (κ1) is 16.0. The summed E-state index contributed by atoms with van der Waals surface area (Å²) in [6.07, 6.45) is 2.21. The number of hydrogen-bond donors (Lipinski definition) is 0. The summed E-state index contributed by atoms with van der Waals surface area (Å²) in [4.78, 5) is 25.9. The second kappa shape index (κ2) is 6.80. The van der Waals surface area contributed by atoms with Gasteiger partial charge in [0.15, 0.2) is 5.82 Å². The van der Waals surface area contributed by atoms with E-state index in [1.807, 2.05) is 57.9 Å². The molecule has 1 aromatic carbocycles. The van der Waals surface area contributed by atoms with E-state index >= 15 is 0 Å². The Kier molecular flexibility index (Phi) is 4.36. The summed E-state index contributed by atoms with van der Waals surface area (Å²) >= 11 is 1.63. The van der Waals surface area contributed by atoms with Gasteiger partial charge in [-0.2, -0.15) is 11.3 Å². The predicted molar refractivity (Wildman–Crippen MR) is 102 cm³/mol. The lowest BCUT2D eigenvalue weighted by molar-refractivity contribution is -0.128. The molecule has 0 unspecified atom stereocenters. The molecule has 4 rings (SSSR count). The van der Waals surface area contributed by atoms with Crippen LogP contribution in [-0.4, -0.2) is 47.5 Å². The summed E-state index contributed by atoms with van der Waals surface area (Å²) in [5.41, 5.74) is 1.91. The predicted octanol–water partition coefficient (Wildman–Crippen LogP) is 3.42. The summed E-state index contributed by atoms with van der Waals surface area (Å²) in [5.74, 6) is 1.68. The largest absolute Gasteiger partial charge is 0.350 e. The van der Waals surface area contributed by atoms with Gasteiger partial charge in [0.2, 0.25) is 5.91 Å². The minimum Gasteiger partial charge on any atom is -0.350 e. The maximum Gasteiger partial charge on any atom is 0.242 e. The number of thiophene rings is 1. The number of anilines is 1. The van der Waals surface area contributed by atoms with E-state index < -0.39 is 0 Å². The van der Waals surface area contributed by atoms with Crippen LogP contribution < -0.4 is 4.90 Å². The zero-order valence-electron chi connectivity index (χ0n) is 14.2. The summed E-state index contributed by atoms with van der Waals surface area (Å²) in [6, 6.07) is 9.99. The van der Waals surface area contributed by atoms with Crippen molar-refractivity contribution in [2.75, 3.05) is 31.6 Å². The van der Waals surface area contributed by atoms with Gasteiger partial charge in [0.1, 0.15) is 5.82 Å². The first-order chi connectivity index (χ1) is 12.2. The van der Waals surface area contributed by atoms with Crippen molar-refractivity contribution < 1.29 is 4.79 Å². The highest BCUT2D eigenvalue weighted by Crippen LogP contribution is 2.28. The van der Waals surface area contributed by atoms with E-state index in [2.05, 4.69) is 0 Å². The molecule has 0 radical (unpaired) electrons. The number of nitrogens with zero attached hydrogens (tertiary/aromatic N) is 4. The number of para-hydroxylation sites is 1. The van der Waals surface area contributed by atoms with Gasteiger partial charge in [-0.25, -0.2) is 9.97 Å². The molecule has 0 atom stereocenters. The fraction of sp³-hybridized carbons (Fsp3) is 0.316. The second-order valence-corrected chi connectivity index (χ2v) is 7.12. The SMILES string of the molecule is CN(CC(=O)N1CCCC1)c1nc(-c2ccsc2)nc2ccccc12. The molecule has 0 spiro atoms. The minimum atomic E-state index is 0.166. The summed E-state index contributed by atoms with van der Waals surface area (Å²) in [5, 5.41) is 5.04. The van der Waals surface area contributed by atoms with E-state index in [0.717, 1.165) is 48.2 Å². The van der Waals surface area contributed by atoms with Gasteiger partial charge in [-0.15, -0.1) is 0 Å². The smallest absolute Gasteiger partial charge is 0.242 e. The summed E-state index contributed by atoms with van der Waals surface area (Å²) in [7, 11) is 1.93. The van der Waals surface area contributed by atoms with Crippen LogP contribution in [0.25, 0.3) is 22.3 Å². The van der Waals surface area contributed by atoms with Crippen molar-refractivity contribution in [2.24, 2.45) is 0 Å². The van der Waals surface area contributed by atoms with E-state index in [1.54, 1.807) is 11.3 Å². The zero-order valence-corrected chi connectivity index (χ0v) is 15.0. The minimum absolute atomic E-state index is 0.166. The lowest BCUT2D eigenvalue weighted by Crippen LogP contribution is -2.37. The Morgan fingerprint density at radius 3 is 2.76 bits per heavy atom. The fourth-order valence-corrected chi connectivity index (χ4v) is 3.85. The normalized spacial score (nSPS) is 14.2. The number of carbonyl (C=O) groups excluding carboxylic acids is 1. The number of likely N-dealkylation sites (N-methyl/N-ethyl adjacent to an activating group) is 1. The Morgan fingerprint density at radius 2 is 2.00 bits per heavy atom. The highest BCUT2D eigenvalue weighted by Gasteiger charge is 2.21. The number of aromatic nitrogens is 2. The van der Waals surface area contributed by atoms with Crippen LogP contribution >= 0.6 is 11.3 Å². The lowest BCUT2D eigenvalue weighted by Gasteiger charge is -2.23. The molecule has 1 fully saturated rings. The van der Waals surface area contributed by atoms with E-state index in [9.17, 15) is 4.79 Å². The van der Waals surface area contributed by atoms with Gasteiger partial charge >= 0.3 is 0 Å². The Bertz CT molecular complexity index is 888. The lowest BCUT2D eigenvalue weighted by atomic mass is 10.2. The quantitative estimate of drug-likeness (QED) is 0.722. The zero-order chi connectivity index (χ0) is 17.2. The van der Waals surface area contributed by atoms with E-state index in [0.29, 0.717) is 12.4 Å². The first-order valence-corrected chi connectivity index (χ1v) is 9.45. The molecule has 1 saturated heterocycles. The van der Waals surface area contributed by atoms with Crippen LogP contribution in [0.1, 0.15) is 12.8 Å². The van der Waals surface area contributed by atoms with Crippen molar-refractivity contribution in [3.63, 3.8) is 0 Å². The molecule has 25 heavy (non-hydrogen) atoms. The number of benzene rings is 1. The molecule has 128 valence electrons. The average molecular weight is 352 g/mol. The van der Waals surface area contributed by atoms with Crippen molar-refractivity contribution >= 4 is 34.0 Å². The fourth-order valence-electron chi connectivity index (χ4n) is 3.22. The van der Waals surface area contributed by atoms with Crippen molar-refractivity contribution in [1.82, 2.24) is 14.9 Å². The Labute approximate surface area is 150 Å². The van der Waals surface area contributed by atoms with Crippen LogP contribution in [0, 0.1) is 0 Å². The Morgan fingerprint density at radius 1 is 1.20 bits per heavy atom. The molecule has 6 heteroatoms. The van der Waals surface area contributed by atoms with Crippen LogP contribution in [0.5, 0.6) is 0 Å². The van der Waals surface area contributed by atoms with Crippen LogP contribution in [0.3, 0.4) is 0 Å². The van der Waals surface area contributed by atoms with Gasteiger partial charge < -0.3 is 9.80 Å². The van der Waals surface area contributed by atoms with Crippen molar-refractivity contribution in [3.05, 3.63) is 41.1 Å². The van der Waals surface area contributed by atoms with Crippen molar-refractivity contribution in [2.45, 2.75) is 12.8 Å². The molecule has 0 aliphatic carbocycles. The van der Waals surface area contributed by atoms with Gasteiger partial charge in [-0.05, 0) is 36.4 Å². The highest BCUT2D eigenvalue weighted by atomic mass is 32.1. The molecule has 0 saturated carbocycles. The van der Waals surface area contributed by atoms with Gasteiger partial charge in [0, 0.05) is 36.5 Å². The molecular weight excluding hydrogens is 332 g/mol. The van der Waals surface area contributed by atoms with Crippen molar-refractivity contribution in [1.29, 1.82) is 0 Å². The third-order valence-corrected chi connectivity index (χ3v) is 5.24. The van der Waals surface area contributed by atoms with Crippen LogP contribution in [0.15, 0.2) is 41.1 Å². The standard InChI is InChI=1S/C19H20N4OS/c1-22(12-17(24)23-9-4-5-10-23)19-15-6-2-3-7-16(15)20-18(21-19)14-8-11-25-13-14/h2-3,6-8,11,13H,4-5,9-10,12H2,1H3. The third-order valence-electron chi connectivity index (χ3n) is 4.56. The molecule has 3 heterocycles. The number of amides is 1. The highest BCUT2D eigenvalue weighted by molar-refractivity contribution is 7.08. The number of fused-ring (bicyclic) bond motifs is 1. The number of hydrogen-bond acceptors (Lipinski definition) is 5. The number of likely N-dealkylation sites (tertiary alicyclic amines) is 1. The first-order valence-electron chi connectivity index (χ1n) is 8.50. The molecule has 1 aliphatic rings. The maximum absolute atomic E-state index is 12.5. The van der Waals surface area contributed by atoms with Gasteiger partial charge in [-0.3, -0.25) is 4.79 Å². The molecule has 5 nitrogen and oxygen atoms in total. The van der Waals surface area contributed by atoms with Gasteiger partial charge in [0.25, 0.3) is 0 Å². The average Bonchev–Trinajstić information content (AvgIpc) is 3.34.